The topological polar surface area (TPSA) is 9.23 Å². The van der Waals surface area contributed by atoms with Crippen LogP contribution in [0.2, 0.25) is 0 Å². The largest absolute Gasteiger partial charge is 0.497 e. The van der Waals surface area contributed by atoms with E-state index in [1.54, 1.807) is 7.11 Å². The van der Waals surface area contributed by atoms with Crippen LogP contribution in [0.25, 0.3) is 16.8 Å². The van der Waals surface area contributed by atoms with E-state index in [1.165, 1.54) is 10.8 Å². The lowest BCUT2D eigenvalue weighted by molar-refractivity contribution is 0.309. The minimum Gasteiger partial charge on any atom is -0.497 e. The van der Waals surface area contributed by atoms with Crippen molar-refractivity contribution in [2.24, 2.45) is 0 Å². The van der Waals surface area contributed by atoms with Crippen molar-refractivity contribution in [3.63, 3.8) is 0 Å². The van der Waals surface area contributed by atoms with Gasteiger partial charge in [-0.1, -0.05) is 49.1 Å². The van der Waals surface area contributed by atoms with Crippen molar-refractivity contribution in [1.82, 2.24) is 0 Å². The smallest absolute Gasteiger partial charge is 0.111 e. The van der Waals surface area contributed by atoms with Gasteiger partial charge in [0.15, 0.2) is 0 Å². The van der Waals surface area contributed by atoms with E-state index >= 15 is 0 Å². The standard InChI is InChI=1S/C15H14O/c1-12(16-2)7-8-13-9-10-14-5-3-4-6-15(14)11-13/h3-11H,1H2,2H3/b8-7+. The summed E-state index contributed by atoms with van der Waals surface area (Å²) in [4.78, 5) is 0. The molecule has 0 aliphatic carbocycles. The summed E-state index contributed by atoms with van der Waals surface area (Å²) in [7, 11) is 1.62. The first kappa shape index (κ1) is 10.5. The highest BCUT2D eigenvalue weighted by Crippen LogP contribution is 2.16. The Labute approximate surface area is 95.7 Å². The van der Waals surface area contributed by atoms with Crippen LogP contribution in [0.1, 0.15) is 5.56 Å². The summed E-state index contributed by atoms with van der Waals surface area (Å²) < 4.78 is 4.98. The lowest BCUT2D eigenvalue weighted by atomic mass is 10.1. The molecule has 0 aliphatic heterocycles. The Bertz CT molecular complexity index is 538. The highest BCUT2D eigenvalue weighted by molar-refractivity contribution is 5.84. The zero-order valence-electron chi connectivity index (χ0n) is 9.31. The Hall–Kier alpha value is -2.02. The number of rotatable bonds is 3. The number of allylic oxidation sites excluding steroid dienone is 1. The molecular weight excluding hydrogens is 196 g/mol. The fourth-order valence-electron chi connectivity index (χ4n) is 1.57. The van der Waals surface area contributed by atoms with E-state index in [-0.39, 0.29) is 0 Å². The van der Waals surface area contributed by atoms with Gasteiger partial charge in [-0.05, 0) is 28.5 Å². The molecule has 0 atom stereocenters. The Morgan fingerprint density at radius 2 is 1.88 bits per heavy atom. The number of methoxy groups -OCH3 is 1. The van der Waals surface area contributed by atoms with Gasteiger partial charge < -0.3 is 4.74 Å². The van der Waals surface area contributed by atoms with E-state index in [0.717, 1.165) is 5.56 Å². The molecular formula is C15H14O. The van der Waals surface area contributed by atoms with Gasteiger partial charge in [0.2, 0.25) is 0 Å². The van der Waals surface area contributed by atoms with Crippen molar-refractivity contribution in [3.8, 4) is 0 Å². The lowest BCUT2D eigenvalue weighted by Crippen LogP contribution is -1.78. The third kappa shape index (κ3) is 2.31. The molecule has 0 aromatic heterocycles. The zero-order valence-corrected chi connectivity index (χ0v) is 9.31. The van der Waals surface area contributed by atoms with Gasteiger partial charge >= 0.3 is 0 Å². The predicted molar refractivity (Wildman–Crippen MR) is 69.1 cm³/mol. The number of hydrogen-bond donors (Lipinski definition) is 0. The molecule has 0 saturated heterocycles. The van der Waals surface area contributed by atoms with Crippen LogP contribution in [0.4, 0.5) is 0 Å². The van der Waals surface area contributed by atoms with Gasteiger partial charge in [-0.2, -0.15) is 0 Å². The van der Waals surface area contributed by atoms with E-state index in [9.17, 15) is 0 Å². The molecule has 80 valence electrons. The molecule has 0 amide bonds. The second kappa shape index (κ2) is 4.67. The molecule has 2 aromatic rings. The van der Waals surface area contributed by atoms with Crippen LogP contribution in [-0.4, -0.2) is 7.11 Å². The maximum atomic E-state index is 4.98. The second-order valence-corrected chi connectivity index (χ2v) is 3.61. The fraction of sp³-hybridized carbons (Fsp3) is 0.0667. The molecule has 0 unspecified atom stereocenters. The summed E-state index contributed by atoms with van der Waals surface area (Å²) >= 11 is 0. The Morgan fingerprint density at radius 1 is 1.12 bits per heavy atom. The van der Waals surface area contributed by atoms with Crippen LogP contribution in [0.15, 0.2) is 60.9 Å². The summed E-state index contributed by atoms with van der Waals surface area (Å²) in [6.07, 6.45) is 3.86. The number of ether oxygens (including phenoxy) is 1. The average Bonchev–Trinajstić information content (AvgIpc) is 2.35. The maximum Gasteiger partial charge on any atom is 0.111 e. The Morgan fingerprint density at radius 3 is 2.62 bits per heavy atom. The van der Waals surface area contributed by atoms with Gasteiger partial charge in [-0.15, -0.1) is 0 Å². The summed E-state index contributed by atoms with van der Waals surface area (Å²) in [6.45, 7) is 3.74. The number of fused-ring (bicyclic) bond motifs is 1. The monoisotopic (exact) mass is 210 g/mol. The molecule has 0 N–H and O–H groups in total. The highest BCUT2D eigenvalue weighted by atomic mass is 16.5. The zero-order chi connectivity index (χ0) is 11.4. The van der Waals surface area contributed by atoms with Crippen LogP contribution in [-0.2, 0) is 4.74 Å². The van der Waals surface area contributed by atoms with Crippen molar-refractivity contribution in [3.05, 3.63) is 66.4 Å². The van der Waals surface area contributed by atoms with Crippen molar-refractivity contribution in [2.45, 2.75) is 0 Å². The molecule has 2 aromatic carbocycles. The molecule has 0 fully saturated rings. The molecule has 2 rings (SSSR count). The normalized spacial score (nSPS) is 10.8. The molecule has 0 aliphatic rings. The predicted octanol–water partition coefficient (Wildman–Crippen LogP) is 4.01. The second-order valence-electron chi connectivity index (χ2n) is 3.61. The maximum absolute atomic E-state index is 4.98. The Kier molecular flexibility index (Phi) is 3.06. The summed E-state index contributed by atoms with van der Waals surface area (Å²) in [5, 5.41) is 2.50. The van der Waals surface area contributed by atoms with E-state index in [1.807, 2.05) is 24.3 Å². The molecule has 0 radical (unpaired) electrons. The summed E-state index contributed by atoms with van der Waals surface area (Å²) in [6, 6.07) is 14.7. The molecule has 0 saturated carbocycles. The minimum atomic E-state index is 0.660. The summed E-state index contributed by atoms with van der Waals surface area (Å²) in [5.74, 6) is 0.660. The molecule has 0 bridgehead atoms. The molecule has 0 spiro atoms. The van der Waals surface area contributed by atoms with E-state index in [0.29, 0.717) is 5.76 Å². The van der Waals surface area contributed by atoms with Crippen LogP contribution in [0, 0.1) is 0 Å². The SMILES string of the molecule is C=C(/C=C/c1ccc2ccccc2c1)OC. The van der Waals surface area contributed by atoms with E-state index in [4.69, 9.17) is 4.74 Å². The van der Waals surface area contributed by atoms with Crippen LogP contribution in [0.5, 0.6) is 0 Å². The van der Waals surface area contributed by atoms with Gasteiger partial charge in [-0.25, -0.2) is 0 Å². The number of hydrogen-bond acceptors (Lipinski definition) is 1. The van der Waals surface area contributed by atoms with Crippen molar-refractivity contribution in [2.75, 3.05) is 7.11 Å². The number of benzene rings is 2. The quantitative estimate of drug-likeness (QED) is 0.549. The van der Waals surface area contributed by atoms with E-state index < -0.39 is 0 Å². The summed E-state index contributed by atoms with van der Waals surface area (Å²) in [5.41, 5.74) is 1.15. The third-order valence-electron chi connectivity index (χ3n) is 2.50. The van der Waals surface area contributed by atoms with Crippen molar-refractivity contribution >= 4 is 16.8 Å². The molecule has 0 heterocycles. The average molecular weight is 210 g/mol. The first-order valence-electron chi connectivity index (χ1n) is 5.19. The van der Waals surface area contributed by atoms with Gasteiger partial charge in [0, 0.05) is 0 Å². The molecule has 1 nitrogen and oxygen atoms in total. The van der Waals surface area contributed by atoms with Gasteiger partial charge in [0.25, 0.3) is 0 Å². The van der Waals surface area contributed by atoms with Crippen molar-refractivity contribution < 1.29 is 4.74 Å². The fourth-order valence-corrected chi connectivity index (χ4v) is 1.57. The first-order chi connectivity index (χ1) is 7.79. The van der Waals surface area contributed by atoms with E-state index in [2.05, 4.69) is 36.9 Å². The lowest BCUT2D eigenvalue weighted by Gasteiger charge is -2.00. The third-order valence-corrected chi connectivity index (χ3v) is 2.50. The van der Waals surface area contributed by atoms with Gasteiger partial charge in [-0.3, -0.25) is 0 Å². The Balaban J connectivity index is 2.33. The van der Waals surface area contributed by atoms with Crippen molar-refractivity contribution in [1.29, 1.82) is 0 Å². The van der Waals surface area contributed by atoms with Crippen LogP contribution < -0.4 is 0 Å². The first-order valence-corrected chi connectivity index (χ1v) is 5.19. The van der Waals surface area contributed by atoms with Gasteiger partial charge in [0.05, 0.1) is 7.11 Å². The van der Waals surface area contributed by atoms with Gasteiger partial charge in [0.1, 0.15) is 5.76 Å². The molecule has 1 heteroatoms. The molecule has 16 heavy (non-hydrogen) atoms. The minimum absolute atomic E-state index is 0.660. The van der Waals surface area contributed by atoms with Crippen LogP contribution >= 0.6 is 0 Å². The highest BCUT2D eigenvalue weighted by Gasteiger charge is 1.92. The van der Waals surface area contributed by atoms with Crippen LogP contribution in [0.3, 0.4) is 0 Å².